The summed E-state index contributed by atoms with van der Waals surface area (Å²) in [6.45, 7) is 6.74. The number of nitrogens with zero attached hydrogens (tertiary/aromatic N) is 3. The molecule has 1 saturated heterocycles. The first-order chi connectivity index (χ1) is 11.8. The quantitative estimate of drug-likeness (QED) is 0.809. The number of rotatable bonds is 5. The average molecular weight is 367 g/mol. The lowest BCUT2D eigenvalue weighted by molar-refractivity contribution is 0.180. The first-order valence-corrected chi connectivity index (χ1v) is 9.82. The highest BCUT2D eigenvalue weighted by molar-refractivity contribution is 7.88. The Bertz CT molecular complexity index is 806. The van der Waals surface area contributed by atoms with Gasteiger partial charge in [-0.3, -0.25) is 4.90 Å². The van der Waals surface area contributed by atoms with Crippen LogP contribution in [0.3, 0.4) is 0 Å². The molecule has 0 aliphatic carbocycles. The van der Waals surface area contributed by atoms with Gasteiger partial charge in [-0.1, -0.05) is 17.3 Å². The lowest BCUT2D eigenvalue weighted by Crippen LogP contribution is -2.48. The average Bonchev–Trinajstić information content (AvgIpc) is 2.89. The van der Waals surface area contributed by atoms with Crippen LogP contribution in [0.1, 0.15) is 22.6 Å². The van der Waals surface area contributed by atoms with Crippen LogP contribution in [0.2, 0.25) is 0 Å². The van der Waals surface area contributed by atoms with E-state index in [1.165, 1.54) is 28.6 Å². The second-order valence-corrected chi connectivity index (χ2v) is 8.33. The Morgan fingerprint density at radius 2 is 1.76 bits per heavy atom. The zero-order valence-corrected chi connectivity index (χ0v) is 15.2. The number of hydrogen-bond acceptors (Lipinski definition) is 5. The van der Waals surface area contributed by atoms with Gasteiger partial charge in [-0.15, -0.1) is 0 Å². The van der Waals surface area contributed by atoms with Crippen LogP contribution < -0.4 is 0 Å². The van der Waals surface area contributed by atoms with Crippen molar-refractivity contribution in [3.63, 3.8) is 0 Å². The summed E-state index contributed by atoms with van der Waals surface area (Å²) in [5.41, 5.74) is 2.55. The van der Waals surface area contributed by atoms with E-state index in [4.69, 9.17) is 4.52 Å². The SMILES string of the molecule is Cc1noc(C)c1CN1CCN(S(=O)(=O)Cc2ccc(F)cc2)CC1. The molecule has 136 valence electrons. The molecule has 1 fully saturated rings. The van der Waals surface area contributed by atoms with E-state index in [0.29, 0.717) is 38.3 Å². The van der Waals surface area contributed by atoms with Crippen LogP contribution in [0.4, 0.5) is 4.39 Å². The maximum Gasteiger partial charge on any atom is 0.218 e. The fourth-order valence-electron chi connectivity index (χ4n) is 3.00. The molecule has 0 atom stereocenters. The number of hydrogen-bond donors (Lipinski definition) is 0. The van der Waals surface area contributed by atoms with E-state index in [0.717, 1.165) is 17.0 Å². The number of sulfonamides is 1. The maximum absolute atomic E-state index is 13.0. The summed E-state index contributed by atoms with van der Waals surface area (Å²) in [6.07, 6.45) is 0. The second-order valence-electron chi connectivity index (χ2n) is 6.36. The van der Waals surface area contributed by atoms with Crippen molar-refractivity contribution < 1.29 is 17.3 Å². The summed E-state index contributed by atoms with van der Waals surface area (Å²) in [7, 11) is -3.40. The predicted octanol–water partition coefficient (Wildman–Crippen LogP) is 2.08. The third-order valence-electron chi connectivity index (χ3n) is 4.55. The van der Waals surface area contributed by atoms with Gasteiger partial charge in [0.1, 0.15) is 11.6 Å². The topological polar surface area (TPSA) is 66.7 Å². The van der Waals surface area contributed by atoms with Crippen molar-refractivity contribution in [1.82, 2.24) is 14.4 Å². The van der Waals surface area contributed by atoms with E-state index in [2.05, 4.69) is 10.1 Å². The van der Waals surface area contributed by atoms with Gasteiger partial charge in [0.05, 0.1) is 11.4 Å². The van der Waals surface area contributed by atoms with Gasteiger partial charge in [-0.25, -0.2) is 12.8 Å². The van der Waals surface area contributed by atoms with Crippen molar-refractivity contribution in [2.45, 2.75) is 26.1 Å². The van der Waals surface area contributed by atoms with Gasteiger partial charge < -0.3 is 4.52 Å². The summed E-state index contributed by atoms with van der Waals surface area (Å²) in [4.78, 5) is 2.20. The molecule has 0 radical (unpaired) electrons. The third-order valence-corrected chi connectivity index (χ3v) is 6.40. The molecule has 3 rings (SSSR count). The fourth-order valence-corrected chi connectivity index (χ4v) is 4.52. The minimum Gasteiger partial charge on any atom is -0.361 e. The minimum atomic E-state index is -3.40. The van der Waals surface area contributed by atoms with E-state index in [-0.39, 0.29) is 11.6 Å². The number of aryl methyl sites for hydroxylation is 2. The molecule has 2 aromatic rings. The van der Waals surface area contributed by atoms with E-state index in [1.807, 2.05) is 13.8 Å². The van der Waals surface area contributed by atoms with Gasteiger partial charge in [0.2, 0.25) is 10.0 Å². The van der Waals surface area contributed by atoms with Gasteiger partial charge in [0.25, 0.3) is 0 Å². The molecule has 1 aliphatic heterocycles. The van der Waals surface area contributed by atoms with E-state index in [1.54, 1.807) is 0 Å². The molecule has 0 spiro atoms. The number of piperazine rings is 1. The molecule has 1 aromatic carbocycles. The second kappa shape index (κ2) is 7.23. The van der Waals surface area contributed by atoms with Crippen molar-refractivity contribution in [2.75, 3.05) is 26.2 Å². The van der Waals surface area contributed by atoms with Crippen LogP contribution in [0, 0.1) is 19.7 Å². The molecule has 0 unspecified atom stereocenters. The van der Waals surface area contributed by atoms with Gasteiger partial charge in [-0.05, 0) is 31.5 Å². The third kappa shape index (κ3) is 4.26. The Balaban J connectivity index is 1.58. The van der Waals surface area contributed by atoms with Gasteiger partial charge in [0.15, 0.2) is 0 Å². The summed E-state index contributed by atoms with van der Waals surface area (Å²) in [5.74, 6) is 0.342. The first kappa shape index (κ1) is 18.0. The molecule has 0 N–H and O–H groups in total. The van der Waals surface area contributed by atoms with Crippen LogP contribution in [-0.4, -0.2) is 49.0 Å². The highest BCUT2D eigenvalue weighted by Crippen LogP contribution is 2.18. The van der Waals surface area contributed by atoms with Crippen LogP contribution in [0.5, 0.6) is 0 Å². The lowest BCUT2D eigenvalue weighted by atomic mass is 10.2. The zero-order valence-electron chi connectivity index (χ0n) is 14.4. The van der Waals surface area contributed by atoms with Crippen molar-refractivity contribution in [3.05, 3.63) is 52.7 Å². The smallest absolute Gasteiger partial charge is 0.218 e. The van der Waals surface area contributed by atoms with Crippen molar-refractivity contribution in [3.8, 4) is 0 Å². The van der Waals surface area contributed by atoms with Crippen LogP contribution in [0.15, 0.2) is 28.8 Å². The zero-order chi connectivity index (χ0) is 18.0. The van der Waals surface area contributed by atoms with Crippen molar-refractivity contribution >= 4 is 10.0 Å². The van der Waals surface area contributed by atoms with Gasteiger partial charge >= 0.3 is 0 Å². The summed E-state index contributed by atoms with van der Waals surface area (Å²) in [6, 6.07) is 5.60. The number of benzene rings is 1. The van der Waals surface area contributed by atoms with E-state index in [9.17, 15) is 12.8 Å². The Morgan fingerprint density at radius 3 is 2.32 bits per heavy atom. The first-order valence-electron chi connectivity index (χ1n) is 8.21. The van der Waals surface area contributed by atoms with Crippen molar-refractivity contribution in [1.29, 1.82) is 0 Å². The highest BCUT2D eigenvalue weighted by atomic mass is 32.2. The molecular weight excluding hydrogens is 345 g/mol. The normalized spacial score (nSPS) is 17.1. The molecule has 0 bridgehead atoms. The molecular formula is C17H22FN3O3S. The van der Waals surface area contributed by atoms with Crippen molar-refractivity contribution in [2.24, 2.45) is 0 Å². The number of aromatic nitrogens is 1. The summed E-state index contributed by atoms with van der Waals surface area (Å²) < 4.78 is 44.8. The number of halogens is 1. The summed E-state index contributed by atoms with van der Waals surface area (Å²) >= 11 is 0. The molecule has 6 nitrogen and oxygen atoms in total. The van der Waals surface area contributed by atoms with E-state index < -0.39 is 10.0 Å². The molecule has 0 saturated carbocycles. The van der Waals surface area contributed by atoms with Crippen LogP contribution in [0.25, 0.3) is 0 Å². The Hall–Kier alpha value is -1.77. The predicted molar refractivity (Wildman–Crippen MR) is 91.9 cm³/mol. The Kier molecular flexibility index (Phi) is 5.21. The molecule has 0 amide bonds. The monoisotopic (exact) mass is 367 g/mol. The highest BCUT2D eigenvalue weighted by Gasteiger charge is 2.27. The Labute approximate surface area is 147 Å². The fraction of sp³-hybridized carbons (Fsp3) is 0.471. The van der Waals surface area contributed by atoms with Crippen LogP contribution in [-0.2, 0) is 22.3 Å². The summed E-state index contributed by atoms with van der Waals surface area (Å²) in [5, 5.41) is 3.95. The van der Waals surface area contributed by atoms with E-state index >= 15 is 0 Å². The standard InChI is InChI=1S/C17H22FN3O3S/c1-13-17(14(2)24-19-13)11-20-7-9-21(10-8-20)25(22,23)12-15-3-5-16(18)6-4-15/h3-6H,7-12H2,1-2H3. The van der Waals surface area contributed by atoms with Gasteiger partial charge in [0, 0.05) is 38.3 Å². The molecule has 1 aromatic heterocycles. The lowest BCUT2D eigenvalue weighted by Gasteiger charge is -2.33. The maximum atomic E-state index is 13.0. The molecule has 2 heterocycles. The van der Waals surface area contributed by atoms with Crippen LogP contribution >= 0.6 is 0 Å². The molecule has 8 heteroatoms. The van der Waals surface area contributed by atoms with Gasteiger partial charge in [-0.2, -0.15) is 4.31 Å². The minimum absolute atomic E-state index is 0.100. The Morgan fingerprint density at radius 1 is 1.12 bits per heavy atom. The largest absolute Gasteiger partial charge is 0.361 e. The molecule has 25 heavy (non-hydrogen) atoms. The molecule has 1 aliphatic rings.